The summed E-state index contributed by atoms with van der Waals surface area (Å²) in [6, 6.07) is 3.54. The van der Waals surface area contributed by atoms with Gasteiger partial charge in [-0.15, -0.1) is 0 Å². The summed E-state index contributed by atoms with van der Waals surface area (Å²) in [5.74, 6) is -4.06. The number of nitrogens with two attached hydrogens (primary N) is 1. The number of ether oxygens (including phenoxy) is 2. The van der Waals surface area contributed by atoms with E-state index in [-0.39, 0.29) is 16.9 Å². The SMILES string of the molecule is Cc1ccn(-c2cc(C(=O)OC(C)(C(F)(F)F)C(F)(F)F)ccc2[C@@H](Oc2cc(N3CCC4(CC3)CN[C@H](C(=O)O)C4)nc(N)n2)C(F)(F)F)n1. The molecule has 278 valence electrons. The van der Waals surface area contributed by atoms with Crippen LogP contribution in [0.15, 0.2) is 36.5 Å². The van der Waals surface area contributed by atoms with Crippen LogP contribution in [0.5, 0.6) is 5.88 Å². The highest BCUT2D eigenvalue weighted by Gasteiger charge is 2.71. The Hall–Kier alpha value is -4.82. The van der Waals surface area contributed by atoms with E-state index in [1.165, 1.54) is 13.0 Å². The molecule has 2 atom stereocenters. The number of aromatic nitrogens is 4. The van der Waals surface area contributed by atoms with Crippen molar-refractivity contribution in [2.24, 2.45) is 5.41 Å². The monoisotopic (exact) mass is 739 g/mol. The van der Waals surface area contributed by atoms with Crippen LogP contribution in [0.4, 0.5) is 51.3 Å². The second-order valence-electron chi connectivity index (χ2n) is 12.5. The molecule has 2 saturated heterocycles. The number of carbonyl (C=O) groups excluding carboxylic acids is 1. The first-order valence-electron chi connectivity index (χ1n) is 15.1. The van der Waals surface area contributed by atoms with Crippen molar-refractivity contribution < 1.29 is 63.7 Å². The molecule has 0 saturated carbocycles. The first-order valence-corrected chi connectivity index (χ1v) is 15.1. The highest BCUT2D eigenvalue weighted by atomic mass is 19.4. The maximum atomic E-state index is 14.7. The molecule has 2 aliphatic rings. The van der Waals surface area contributed by atoms with Gasteiger partial charge in [-0.2, -0.15) is 54.6 Å². The predicted octanol–water partition coefficient (Wildman–Crippen LogP) is 5.31. The molecule has 12 nitrogen and oxygen atoms in total. The van der Waals surface area contributed by atoms with E-state index >= 15 is 0 Å². The van der Waals surface area contributed by atoms with Gasteiger partial charge in [0.1, 0.15) is 11.9 Å². The van der Waals surface area contributed by atoms with Crippen LogP contribution >= 0.6 is 0 Å². The van der Waals surface area contributed by atoms with Crippen molar-refractivity contribution >= 4 is 23.7 Å². The number of nitrogen functional groups attached to an aromatic ring is 1. The molecule has 2 aliphatic heterocycles. The lowest BCUT2D eigenvalue weighted by molar-refractivity contribution is -0.358. The largest absolute Gasteiger partial charge is 0.480 e. The maximum Gasteiger partial charge on any atom is 0.437 e. The van der Waals surface area contributed by atoms with Crippen molar-refractivity contribution in [3.05, 3.63) is 53.3 Å². The van der Waals surface area contributed by atoms with E-state index in [1.54, 1.807) is 4.90 Å². The molecule has 0 radical (unpaired) electrons. The number of rotatable bonds is 8. The number of carboxylic acid groups (broad SMARTS) is 1. The number of aliphatic carboxylic acids is 1. The topological polar surface area (TPSA) is 158 Å². The maximum absolute atomic E-state index is 14.7. The lowest BCUT2D eigenvalue weighted by Crippen LogP contribution is -2.57. The second-order valence-corrected chi connectivity index (χ2v) is 12.5. The molecule has 2 fully saturated rings. The second kappa shape index (κ2) is 13.1. The third kappa shape index (κ3) is 7.61. The van der Waals surface area contributed by atoms with E-state index in [2.05, 4.69) is 25.1 Å². The summed E-state index contributed by atoms with van der Waals surface area (Å²) in [5.41, 5.74) is -1.44. The fraction of sp³-hybridized carbons (Fsp3) is 0.500. The number of aryl methyl sites for hydroxylation is 1. The number of nitrogens with zero attached hydrogens (tertiary/aromatic N) is 5. The summed E-state index contributed by atoms with van der Waals surface area (Å²) in [5, 5.41) is 16.3. The summed E-state index contributed by atoms with van der Waals surface area (Å²) in [7, 11) is 0. The summed E-state index contributed by atoms with van der Waals surface area (Å²) < 4.78 is 135. The molecule has 3 aromatic rings. The molecular formula is C30H30F9N7O5. The average Bonchev–Trinajstić information content (AvgIpc) is 3.64. The quantitative estimate of drug-likeness (QED) is 0.203. The van der Waals surface area contributed by atoms with Crippen molar-refractivity contribution in [2.45, 2.75) is 69.4 Å². The van der Waals surface area contributed by atoms with E-state index in [0.29, 0.717) is 57.1 Å². The number of alkyl halides is 9. The van der Waals surface area contributed by atoms with Crippen LogP contribution in [0.25, 0.3) is 5.69 Å². The van der Waals surface area contributed by atoms with Gasteiger partial charge in [0, 0.05) is 37.5 Å². The van der Waals surface area contributed by atoms with E-state index in [9.17, 15) is 54.2 Å². The number of esters is 1. The van der Waals surface area contributed by atoms with Gasteiger partial charge in [-0.1, -0.05) is 6.07 Å². The summed E-state index contributed by atoms with van der Waals surface area (Å²) >= 11 is 0. The van der Waals surface area contributed by atoms with Gasteiger partial charge in [0.15, 0.2) is 0 Å². The fourth-order valence-corrected chi connectivity index (χ4v) is 5.92. The van der Waals surface area contributed by atoms with Crippen LogP contribution in [0.1, 0.15) is 53.9 Å². The van der Waals surface area contributed by atoms with Crippen LogP contribution < -0.4 is 20.7 Å². The van der Waals surface area contributed by atoms with Crippen LogP contribution in [0, 0.1) is 12.3 Å². The number of piperidine rings is 1. The number of hydrogen-bond acceptors (Lipinski definition) is 10. The molecule has 51 heavy (non-hydrogen) atoms. The Labute approximate surface area is 282 Å². The van der Waals surface area contributed by atoms with Crippen LogP contribution in [0.2, 0.25) is 0 Å². The van der Waals surface area contributed by atoms with Gasteiger partial charge >= 0.3 is 30.5 Å². The molecular weight excluding hydrogens is 709 g/mol. The van der Waals surface area contributed by atoms with Gasteiger partial charge in [0.25, 0.3) is 5.60 Å². The van der Waals surface area contributed by atoms with Crippen LogP contribution in [-0.2, 0) is 9.53 Å². The first kappa shape index (κ1) is 37.4. The third-order valence-electron chi connectivity index (χ3n) is 8.95. The molecule has 21 heteroatoms. The molecule has 0 aliphatic carbocycles. The van der Waals surface area contributed by atoms with Gasteiger partial charge in [-0.25, -0.2) is 9.48 Å². The Balaban J connectivity index is 1.46. The first-order chi connectivity index (χ1) is 23.5. The summed E-state index contributed by atoms with van der Waals surface area (Å²) in [6.45, 7) is 2.24. The molecule has 0 unspecified atom stereocenters. The van der Waals surface area contributed by atoms with Gasteiger partial charge in [0.05, 0.1) is 16.9 Å². The Morgan fingerprint density at radius 3 is 2.20 bits per heavy atom. The van der Waals surface area contributed by atoms with E-state index in [4.69, 9.17) is 10.5 Å². The van der Waals surface area contributed by atoms with Gasteiger partial charge in [0.2, 0.25) is 17.9 Å². The minimum absolute atomic E-state index is 0.118. The number of benzene rings is 1. The number of carboxylic acids is 1. The molecule has 4 heterocycles. The van der Waals surface area contributed by atoms with Gasteiger partial charge < -0.3 is 30.5 Å². The van der Waals surface area contributed by atoms with E-state index < -0.39 is 83.8 Å². The minimum atomic E-state index is -6.09. The molecule has 1 aromatic carbocycles. The van der Waals surface area contributed by atoms with Crippen molar-refractivity contribution in [3.8, 4) is 11.6 Å². The lowest BCUT2D eigenvalue weighted by Gasteiger charge is -2.39. The molecule has 5 rings (SSSR count). The van der Waals surface area contributed by atoms with Crippen molar-refractivity contribution in [1.29, 1.82) is 0 Å². The van der Waals surface area contributed by atoms with E-state index in [0.717, 1.165) is 16.9 Å². The van der Waals surface area contributed by atoms with Crippen LogP contribution in [0.3, 0.4) is 0 Å². The molecule has 0 amide bonds. The Bertz CT molecular complexity index is 1770. The Morgan fingerprint density at radius 1 is 1.02 bits per heavy atom. The summed E-state index contributed by atoms with van der Waals surface area (Å²) in [6.07, 6.45) is -17.7. The molecule has 2 aromatic heterocycles. The fourth-order valence-electron chi connectivity index (χ4n) is 5.92. The Morgan fingerprint density at radius 2 is 1.67 bits per heavy atom. The zero-order chi connectivity index (χ0) is 37.7. The normalized spacial score (nSPS) is 18.9. The number of nitrogens with one attached hydrogen (secondary N) is 1. The molecule has 1 spiro atoms. The predicted molar refractivity (Wildman–Crippen MR) is 158 cm³/mol. The number of hydrogen-bond donors (Lipinski definition) is 3. The smallest absolute Gasteiger partial charge is 0.437 e. The number of carbonyl (C=O) groups is 2. The number of halogens is 9. The number of anilines is 2. The zero-order valence-corrected chi connectivity index (χ0v) is 26.7. The minimum Gasteiger partial charge on any atom is -0.480 e. The van der Waals surface area contributed by atoms with E-state index in [1.807, 2.05) is 0 Å². The van der Waals surface area contributed by atoms with Gasteiger partial charge in [-0.05, 0) is 56.7 Å². The summed E-state index contributed by atoms with van der Waals surface area (Å²) in [4.78, 5) is 33.7. The zero-order valence-electron chi connectivity index (χ0n) is 26.7. The van der Waals surface area contributed by atoms with Crippen molar-refractivity contribution in [1.82, 2.24) is 25.1 Å². The Kier molecular flexibility index (Phi) is 9.58. The third-order valence-corrected chi connectivity index (χ3v) is 8.95. The van der Waals surface area contributed by atoms with Crippen molar-refractivity contribution in [2.75, 3.05) is 30.3 Å². The molecule has 0 bridgehead atoms. The van der Waals surface area contributed by atoms with Crippen molar-refractivity contribution in [3.63, 3.8) is 0 Å². The van der Waals surface area contributed by atoms with Crippen LogP contribution in [-0.4, -0.2) is 86.6 Å². The highest BCUT2D eigenvalue weighted by molar-refractivity contribution is 5.90. The highest BCUT2D eigenvalue weighted by Crippen LogP contribution is 2.47. The lowest BCUT2D eigenvalue weighted by atomic mass is 9.76. The van der Waals surface area contributed by atoms with Gasteiger partial charge in [-0.3, -0.25) is 4.79 Å². The molecule has 4 N–H and O–H groups in total. The average molecular weight is 740 g/mol. The standard InChI is InChI=1S/C30H30F9N7O5/c1-15-5-8-46(44-15)19-11-16(24(49)51-26(2,29(34,35)36)30(37,38)39)3-4-17(19)22(28(31,32)33)50-21-12-20(42-25(40)43-21)45-9-6-27(7-10-45)13-18(23(47)48)41-14-27/h3-5,8,11-12,18,22,41H,6-7,9-10,13-14H2,1-2H3,(H,47,48)(H2,40,42,43)/t18-,22+/m0/s1.